The molecule has 178 valence electrons. The lowest BCUT2D eigenvalue weighted by Gasteiger charge is -2.34. The molecule has 2 aromatic carbocycles. The molecule has 5 rings (SSSR count). The van der Waals surface area contributed by atoms with Gasteiger partial charge in [0, 0.05) is 23.2 Å². The molecule has 1 saturated heterocycles. The fourth-order valence-electron chi connectivity index (χ4n) is 4.96. The first-order valence-corrected chi connectivity index (χ1v) is 14.5. The first-order chi connectivity index (χ1) is 16.5. The molecular weight excluding hydrogens is 468 g/mol. The number of thioether (sulfide) groups is 1. The van der Waals surface area contributed by atoms with Crippen LogP contribution >= 0.6 is 11.8 Å². The van der Waals surface area contributed by atoms with Crippen LogP contribution in [0.2, 0.25) is 0 Å². The molecule has 0 radical (unpaired) electrons. The van der Waals surface area contributed by atoms with Gasteiger partial charge in [-0.25, -0.2) is 18.4 Å². The number of sulfone groups is 1. The highest BCUT2D eigenvalue weighted by molar-refractivity contribution is 7.99. The number of carbonyl (C=O) groups is 1. The number of hydrogen-bond donors (Lipinski definition) is 1. The van der Waals surface area contributed by atoms with Gasteiger partial charge in [-0.05, 0) is 43.5 Å². The second-order valence-electron chi connectivity index (χ2n) is 8.95. The van der Waals surface area contributed by atoms with E-state index in [2.05, 4.69) is 10.3 Å². The Morgan fingerprint density at radius 2 is 1.71 bits per heavy atom. The fourth-order valence-corrected chi connectivity index (χ4v) is 7.39. The summed E-state index contributed by atoms with van der Waals surface area (Å²) in [5.41, 5.74) is 1.73. The highest BCUT2D eigenvalue weighted by Gasteiger charge is 2.38. The van der Waals surface area contributed by atoms with Crippen LogP contribution in [-0.4, -0.2) is 58.5 Å². The number of benzene rings is 2. The molecule has 0 spiro atoms. The number of nitrogens with zero attached hydrogens (tertiary/aromatic N) is 3. The number of carbonyl (C=O) groups excluding carboxylic acids is 1. The molecule has 9 heteroatoms. The van der Waals surface area contributed by atoms with Gasteiger partial charge in [-0.15, -0.1) is 0 Å². The molecule has 1 aromatic heterocycles. The summed E-state index contributed by atoms with van der Waals surface area (Å²) in [7, 11) is -3.06. The van der Waals surface area contributed by atoms with E-state index < -0.39 is 9.84 Å². The van der Waals surface area contributed by atoms with Crippen LogP contribution in [0.3, 0.4) is 0 Å². The Morgan fingerprint density at radius 3 is 2.44 bits per heavy atom. The highest BCUT2D eigenvalue weighted by Crippen LogP contribution is 2.31. The van der Waals surface area contributed by atoms with E-state index in [1.165, 1.54) is 11.8 Å². The molecule has 2 heterocycles. The van der Waals surface area contributed by atoms with Crippen LogP contribution in [-0.2, 0) is 14.6 Å². The lowest BCUT2D eigenvalue weighted by atomic mass is 10.1. The van der Waals surface area contributed by atoms with E-state index in [9.17, 15) is 13.2 Å². The monoisotopic (exact) mass is 496 g/mol. The zero-order chi connectivity index (χ0) is 23.5. The van der Waals surface area contributed by atoms with Crippen LogP contribution in [0.4, 0.5) is 11.5 Å². The Hall–Kier alpha value is -2.65. The normalized spacial score (nSPS) is 19.9. The summed E-state index contributed by atoms with van der Waals surface area (Å²) in [6.45, 7) is 0. The van der Waals surface area contributed by atoms with Crippen molar-refractivity contribution < 1.29 is 13.2 Å². The molecule has 34 heavy (non-hydrogen) atoms. The number of para-hydroxylation sites is 2. The molecule has 0 unspecified atom stereocenters. The van der Waals surface area contributed by atoms with Gasteiger partial charge < -0.3 is 10.2 Å². The Balaban J connectivity index is 1.36. The standard InChI is InChI=1S/C25H28N4O3S2/c30-23(29(19-10-4-5-11-19)20-14-15-34(31,32)17-20)16-33-25-27-22-13-7-6-12-21(22)24(28-25)26-18-8-2-1-3-9-18/h1-3,6-9,12-13,19-20H,4-5,10-11,14-17H2,(H,26,27,28)/t20-/m1/s1. The van der Waals surface area contributed by atoms with Crippen molar-refractivity contribution in [2.45, 2.75) is 49.3 Å². The Bertz CT molecular complexity index is 1280. The predicted molar refractivity (Wildman–Crippen MR) is 136 cm³/mol. The Labute approximate surface area is 204 Å². The molecule has 1 aliphatic carbocycles. The molecule has 7 nitrogen and oxygen atoms in total. The summed E-state index contributed by atoms with van der Waals surface area (Å²) in [4.78, 5) is 24.7. The van der Waals surface area contributed by atoms with E-state index in [0.717, 1.165) is 42.3 Å². The Kier molecular flexibility index (Phi) is 6.74. The van der Waals surface area contributed by atoms with Gasteiger partial charge in [0.05, 0.1) is 22.8 Å². The van der Waals surface area contributed by atoms with Crippen LogP contribution < -0.4 is 5.32 Å². The second kappa shape index (κ2) is 9.92. The SMILES string of the molecule is O=C(CSc1nc(Nc2ccccc2)c2ccccc2n1)N(C1CCCC1)[C@@H]1CCS(=O)(=O)C1. The van der Waals surface area contributed by atoms with E-state index in [1.54, 1.807) is 0 Å². The van der Waals surface area contributed by atoms with Crippen LogP contribution in [0, 0.1) is 0 Å². The minimum atomic E-state index is -3.06. The summed E-state index contributed by atoms with van der Waals surface area (Å²) >= 11 is 1.31. The number of hydrogen-bond acceptors (Lipinski definition) is 7. The maximum Gasteiger partial charge on any atom is 0.233 e. The van der Waals surface area contributed by atoms with Crippen molar-refractivity contribution in [3.8, 4) is 0 Å². The van der Waals surface area contributed by atoms with Crippen molar-refractivity contribution in [3.05, 3.63) is 54.6 Å². The van der Waals surface area contributed by atoms with E-state index in [1.807, 2.05) is 59.5 Å². The summed E-state index contributed by atoms with van der Waals surface area (Å²) in [6, 6.07) is 17.6. The number of rotatable bonds is 7. The topological polar surface area (TPSA) is 92.3 Å². The number of aromatic nitrogens is 2. The average molecular weight is 497 g/mol. The minimum absolute atomic E-state index is 0.0201. The van der Waals surface area contributed by atoms with Crippen LogP contribution in [0.15, 0.2) is 59.8 Å². The van der Waals surface area contributed by atoms with Crippen molar-refractivity contribution in [2.75, 3.05) is 22.6 Å². The minimum Gasteiger partial charge on any atom is -0.340 e. The van der Waals surface area contributed by atoms with E-state index in [0.29, 0.717) is 17.4 Å². The third-order valence-electron chi connectivity index (χ3n) is 6.55. The first kappa shape index (κ1) is 23.1. The number of nitrogens with one attached hydrogen (secondary N) is 1. The van der Waals surface area contributed by atoms with E-state index in [-0.39, 0.29) is 35.2 Å². The molecule has 1 aliphatic heterocycles. The lowest BCUT2D eigenvalue weighted by Crippen LogP contribution is -2.47. The Morgan fingerprint density at radius 1 is 0.971 bits per heavy atom. The van der Waals surface area contributed by atoms with Gasteiger partial charge in [0.1, 0.15) is 5.82 Å². The highest BCUT2D eigenvalue weighted by atomic mass is 32.2. The first-order valence-electron chi connectivity index (χ1n) is 11.7. The molecule has 2 fully saturated rings. The molecule has 2 aliphatic rings. The average Bonchev–Trinajstić information content (AvgIpc) is 3.48. The van der Waals surface area contributed by atoms with Gasteiger partial charge in [-0.3, -0.25) is 4.79 Å². The zero-order valence-electron chi connectivity index (χ0n) is 18.9. The van der Waals surface area contributed by atoms with Gasteiger partial charge in [0.25, 0.3) is 0 Å². The van der Waals surface area contributed by atoms with Gasteiger partial charge in [0.2, 0.25) is 5.91 Å². The predicted octanol–water partition coefficient (Wildman–Crippen LogP) is 4.42. The quantitative estimate of drug-likeness (QED) is 0.382. The van der Waals surface area contributed by atoms with Crippen molar-refractivity contribution in [3.63, 3.8) is 0 Å². The van der Waals surface area contributed by atoms with Gasteiger partial charge in [0.15, 0.2) is 15.0 Å². The van der Waals surface area contributed by atoms with Crippen molar-refractivity contribution in [1.82, 2.24) is 14.9 Å². The van der Waals surface area contributed by atoms with Crippen molar-refractivity contribution in [1.29, 1.82) is 0 Å². The van der Waals surface area contributed by atoms with E-state index in [4.69, 9.17) is 4.98 Å². The number of fused-ring (bicyclic) bond motifs is 1. The van der Waals surface area contributed by atoms with Gasteiger partial charge in [-0.2, -0.15) is 0 Å². The smallest absolute Gasteiger partial charge is 0.233 e. The summed E-state index contributed by atoms with van der Waals surface area (Å²) in [5, 5.41) is 4.80. The van der Waals surface area contributed by atoms with Crippen molar-refractivity contribution in [2.24, 2.45) is 0 Å². The molecule has 1 amide bonds. The zero-order valence-corrected chi connectivity index (χ0v) is 20.5. The molecular formula is C25H28N4O3S2. The van der Waals surface area contributed by atoms with Crippen LogP contribution in [0.5, 0.6) is 0 Å². The molecule has 0 bridgehead atoms. The number of anilines is 2. The number of amides is 1. The summed E-state index contributed by atoms with van der Waals surface area (Å²) in [6.07, 6.45) is 4.61. The van der Waals surface area contributed by atoms with Crippen LogP contribution in [0.25, 0.3) is 10.9 Å². The van der Waals surface area contributed by atoms with Gasteiger partial charge >= 0.3 is 0 Å². The van der Waals surface area contributed by atoms with Crippen molar-refractivity contribution >= 4 is 49.9 Å². The van der Waals surface area contributed by atoms with E-state index >= 15 is 0 Å². The second-order valence-corrected chi connectivity index (χ2v) is 12.1. The summed E-state index contributed by atoms with van der Waals surface area (Å²) < 4.78 is 24.2. The lowest BCUT2D eigenvalue weighted by molar-refractivity contribution is -0.132. The molecule has 3 aromatic rings. The summed E-state index contributed by atoms with van der Waals surface area (Å²) in [5.74, 6) is 1.12. The third-order valence-corrected chi connectivity index (χ3v) is 9.13. The molecule has 1 atom stereocenters. The molecule has 1 saturated carbocycles. The maximum atomic E-state index is 13.4. The third kappa shape index (κ3) is 5.20. The van der Waals surface area contributed by atoms with Crippen LogP contribution in [0.1, 0.15) is 32.1 Å². The molecule has 1 N–H and O–H groups in total. The largest absolute Gasteiger partial charge is 0.340 e. The fraction of sp³-hybridized carbons (Fsp3) is 0.400. The van der Waals surface area contributed by atoms with Gasteiger partial charge in [-0.1, -0.05) is 54.9 Å². The maximum absolute atomic E-state index is 13.4.